The van der Waals surface area contributed by atoms with Crippen LogP contribution in [-0.4, -0.2) is 172 Å². The molecule has 4 aromatic heterocycles. The molecule has 8 rings (SSSR count). The second-order valence-corrected chi connectivity index (χ2v) is 20.3. The monoisotopic (exact) mass is 1030 g/mol. The van der Waals surface area contributed by atoms with Gasteiger partial charge in [0.2, 0.25) is 0 Å². The van der Waals surface area contributed by atoms with E-state index in [0.717, 1.165) is 93.9 Å². The molecule has 0 radical (unpaired) electrons. The fraction of sp³-hybridized carbons (Fsp3) is 0.413. The van der Waals surface area contributed by atoms with E-state index in [1.54, 1.807) is 24.5 Å². The average molecular weight is 1040 g/mol. The number of anilines is 2. The Hall–Kier alpha value is -6.05. The molecule has 0 saturated carbocycles. The third-order valence-electron chi connectivity index (χ3n) is 11.4. The number of carbonyl (C=O) groups is 5. The first-order valence-corrected chi connectivity index (χ1v) is 24.7. The van der Waals surface area contributed by atoms with Crippen molar-refractivity contribution in [1.82, 2.24) is 38.4 Å². The number of hydrogen-bond acceptors (Lipinski definition) is 17. The van der Waals surface area contributed by atoms with Crippen LogP contribution in [-0.2, 0) is 24.0 Å². The SMILES string of the molecule is CC(=O)O.Cc1ccc2nc(N3CCN(C)CC3)c(/C=C3\SC(=S)N(CCCC(=O)O)C3=O)c(=O)n2c1.Cc1ccc2nc(N3CCN(C)CC3)c(/C=C3\SC(=S)N(CCCC(=O)O)C3=O)c(=O)n2c1. The molecular formula is C46H54N10O10S4. The van der Waals surface area contributed by atoms with E-state index in [1.165, 1.54) is 18.6 Å². The van der Waals surface area contributed by atoms with E-state index < -0.39 is 17.9 Å². The van der Waals surface area contributed by atoms with Gasteiger partial charge >= 0.3 is 11.9 Å². The quantitative estimate of drug-likeness (QED) is 0.135. The molecule has 4 fully saturated rings. The van der Waals surface area contributed by atoms with Crippen LogP contribution < -0.4 is 20.9 Å². The molecule has 4 saturated heterocycles. The van der Waals surface area contributed by atoms with Gasteiger partial charge in [0.1, 0.15) is 31.6 Å². The van der Waals surface area contributed by atoms with Crippen LogP contribution in [0.5, 0.6) is 0 Å². The number of aryl methyl sites for hydroxylation is 2. The van der Waals surface area contributed by atoms with Gasteiger partial charge in [-0.2, -0.15) is 0 Å². The van der Waals surface area contributed by atoms with Crippen molar-refractivity contribution in [2.24, 2.45) is 0 Å². The number of thiocarbonyl (C=S) groups is 2. The van der Waals surface area contributed by atoms with Gasteiger partial charge in [0.25, 0.3) is 28.9 Å². The van der Waals surface area contributed by atoms with E-state index in [1.807, 2.05) is 38.1 Å². The van der Waals surface area contributed by atoms with E-state index >= 15 is 0 Å². The Bertz CT molecular complexity index is 2730. The summed E-state index contributed by atoms with van der Waals surface area (Å²) in [5.74, 6) is -2.17. The first-order chi connectivity index (χ1) is 33.2. The summed E-state index contributed by atoms with van der Waals surface area (Å²) in [7, 11) is 4.11. The van der Waals surface area contributed by atoms with Gasteiger partial charge in [-0.3, -0.25) is 52.2 Å². The number of hydrogen-bond donors (Lipinski definition) is 3. The largest absolute Gasteiger partial charge is 0.481 e. The van der Waals surface area contributed by atoms with Gasteiger partial charge < -0.3 is 34.9 Å². The molecule has 0 atom stereocenters. The van der Waals surface area contributed by atoms with E-state index in [-0.39, 0.29) is 48.9 Å². The minimum Gasteiger partial charge on any atom is -0.481 e. The molecule has 3 N–H and O–H groups in total. The summed E-state index contributed by atoms with van der Waals surface area (Å²) in [5, 5.41) is 25.2. The maximum Gasteiger partial charge on any atom is 0.303 e. The van der Waals surface area contributed by atoms with Gasteiger partial charge in [0, 0.05) is 97.6 Å². The molecule has 8 heterocycles. The Labute approximate surface area is 422 Å². The molecule has 0 aromatic carbocycles. The maximum atomic E-state index is 13.5. The smallest absolute Gasteiger partial charge is 0.303 e. The van der Waals surface area contributed by atoms with E-state index in [9.17, 15) is 28.8 Å². The minimum atomic E-state index is -0.918. The lowest BCUT2D eigenvalue weighted by Gasteiger charge is -2.34. The van der Waals surface area contributed by atoms with Crippen molar-refractivity contribution in [3.8, 4) is 0 Å². The lowest BCUT2D eigenvalue weighted by Crippen LogP contribution is -2.45. The number of amides is 2. The van der Waals surface area contributed by atoms with Crippen LogP contribution in [0.2, 0.25) is 0 Å². The number of carbonyl (C=O) groups excluding carboxylic acids is 2. The highest BCUT2D eigenvalue weighted by Crippen LogP contribution is 2.35. The summed E-state index contributed by atoms with van der Waals surface area (Å²) < 4.78 is 3.74. The molecule has 24 heteroatoms. The van der Waals surface area contributed by atoms with Gasteiger partial charge in [-0.05, 0) is 76.2 Å². The fourth-order valence-corrected chi connectivity index (χ4v) is 10.3. The minimum absolute atomic E-state index is 0.0427. The molecule has 4 aliphatic heterocycles. The number of piperazine rings is 2. The van der Waals surface area contributed by atoms with Crippen molar-refractivity contribution in [1.29, 1.82) is 0 Å². The standard InChI is InChI=1S/2C22H25N5O4S2.C2H4O2/c2*1-14-5-6-17-23-19(25-10-8-24(2)9-11-25)15(20(30)27(17)13-14)12-16-21(31)26(22(32)33-16)7-3-4-18(28)29;1-2(3)4/h2*5-6,12-13H,3-4,7-11H2,1-2H3,(H,28,29);1H3,(H,3,4)/b2*16-12-;. The lowest BCUT2D eigenvalue weighted by atomic mass is 10.2. The molecule has 372 valence electrons. The third-order valence-corrected chi connectivity index (χ3v) is 14.2. The molecular weight excluding hydrogens is 981 g/mol. The molecule has 20 nitrogen and oxygen atoms in total. The predicted octanol–water partition coefficient (Wildman–Crippen LogP) is 3.73. The number of fused-ring (bicyclic) bond motifs is 2. The maximum absolute atomic E-state index is 13.5. The average Bonchev–Trinajstić information content (AvgIpc) is 3.72. The second-order valence-electron chi connectivity index (χ2n) is 16.9. The van der Waals surface area contributed by atoms with Crippen LogP contribution in [0.15, 0.2) is 56.1 Å². The van der Waals surface area contributed by atoms with Crippen LogP contribution in [0, 0.1) is 13.8 Å². The number of likely N-dealkylation sites (N-methyl/N-ethyl adjacent to an activating group) is 2. The Balaban J connectivity index is 0.000000213. The molecule has 0 spiro atoms. The van der Waals surface area contributed by atoms with E-state index in [2.05, 4.69) is 33.7 Å². The van der Waals surface area contributed by atoms with Crippen molar-refractivity contribution in [3.05, 3.63) is 89.4 Å². The van der Waals surface area contributed by atoms with Crippen molar-refractivity contribution < 1.29 is 39.3 Å². The van der Waals surface area contributed by atoms with Crippen LogP contribution in [0.4, 0.5) is 11.6 Å². The van der Waals surface area contributed by atoms with Crippen molar-refractivity contribution in [3.63, 3.8) is 0 Å². The zero-order chi connectivity index (χ0) is 51.0. The highest BCUT2D eigenvalue weighted by atomic mass is 32.2. The Morgan fingerprint density at radius 2 is 0.957 bits per heavy atom. The summed E-state index contributed by atoms with van der Waals surface area (Å²) in [6, 6.07) is 7.47. The normalized spacial score (nSPS) is 18.0. The van der Waals surface area contributed by atoms with Crippen molar-refractivity contribution in [2.75, 3.05) is 89.3 Å². The van der Waals surface area contributed by atoms with Crippen LogP contribution in [0.25, 0.3) is 23.4 Å². The Kier molecular flexibility index (Phi) is 18.1. The lowest BCUT2D eigenvalue weighted by molar-refractivity contribution is -0.138. The number of rotatable bonds is 12. The molecule has 70 heavy (non-hydrogen) atoms. The number of aliphatic carboxylic acids is 3. The molecule has 0 aliphatic carbocycles. The third kappa shape index (κ3) is 13.2. The summed E-state index contributed by atoms with van der Waals surface area (Å²) in [6.07, 6.45) is 7.20. The van der Waals surface area contributed by atoms with Gasteiger partial charge in [0.15, 0.2) is 0 Å². The zero-order valence-electron chi connectivity index (χ0n) is 39.3. The highest BCUT2D eigenvalue weighted by molar-refractivity contribution is 8.27. The predicted molar refractivity (Wildman–Crippen MR) is 279 cm³/mol. The second kappa shape index (κ2) is 23.7. The summed E-state index contributed by atoms with van der Waals surface area (Å²) in [6.45, 7) is 11.6. The van der Waals surface area contributed by atoms with Crippen LogP contribution in [0.1, 0.15) is 54.9 Å². The summed E-state index contributed by atoms with van der Waals surface area (Å²) in [4.78, 5) is 105. The zero-order valence-corrected chi connectivity index (χ0v) is 42.6. The van der Waals surface area contributed by atoms with Crippen molar-refractivity contribution in [2.45, 2.75) is 46.5 Å². The van der Waals surface area contributed by atoms with Crippen LogP contribution >= 0.6 is 48.0 Å². The van der Waals surface area contributed by atoms with Gasteiger partial charge in [-0.25, -0.2) is 9.97 Å². The van der Waals surface area contributed by atoms with Crippen molar-refractivity contribution >= 4 is 121 Å². The number of aromatic nitrogens is 4. The molecule has 2 amide bonds. The highest BCUT2D eigenvalue weighted by Gasteiger charge is 2.34. The molecule has 4 aliphatic rings. The first kappa shape index (κ1) is 53.3. The number of nitrogens with zero attached hydrogens (tertiary/aromatic N) is 10. The van der Waals surface area contributed by atoms with Crippen LogP contribution in [0.3, 0.4) is 0 Å². The van der Waals surface area contributed by atoms with E-state index in [0.29, 0.717) is 65.3 Å². The molecule has 0 bridgehead atoms. The molecule has 4 aromatic rings. The topological polar surface area (TPSA) is 234 Å². The summed E-state index contributed by atoms with van der Waals surface area (Å²) >= 11 is 13.0. The number of pyridine rings is 2. The van der Waals surface area contributed by atoms with Gasteiger partial charge in [-0.15, -0.1) is 0 Å². The number of thioether (sulfide) groups is 2. The van der Waals surface area contributed by atoms with Gasteiger partial charge in [0.05, 0.1) is 20.9 Å². The number of carboxylic acid groups (broad SMARTS) is 3. The fourth-order valence-electron chi connectivity index (χ4n) is 7.69. The summed E-state index contributed by atoms with van der Waals surface area (Å²) in [5.41, 5.74) is 3.18. The molecule has 0 unspecified atom stereocenters. The Morgan fingerprint density at radius 1 is 0.614 bits per heavy atom. The van der Waals surface area contributed by atoms with Gasteiger partial charge in [-0.1, -0.05) is 60.1 Å². The Morgan fingerprint density at radius 3 is 1.29 bits per heavy atom. The number of carboxylic acids is 3. The van der Waals surface area contributed by atoms with E-state index in [4.69, 9.17) is 54.5 Å². The first-order valence-electron chi connectivity index (χ1n) is 22.3.